The first-order valence-corrected chi connectivity index (χ1v) is 16.0. The Labute approximate surface area is 251 Å². The van der Waals surface area contributed by atoms with Crippen molar-refractivity contribution in [3.8, 4) is 0 Å². The fraction of sp³-hybridized carbons (Fsp3) is 0.611. The largest absolute Gasteiger partial charge is 0.252 e. The van der Waals surface area contributed by atoms with Crippen molar-refractivity contribution in [1.82, 2.24) is 0 Å². The van der Waals surface area contributed by atoms with E-state index in [9.17, 15) is 0 Å². The van der Waals surface area contributed by atoms with Gasteiger partial charge in [-0.1, -0.05) is 105 Å². The number of hydrogen-bond donors (Lipinski definition) is 0. The van der Waals surface area contributed by atoms with E-state index < -0.39 is 0 Å². The van der Waals surface area contributed by atoms with Gasteiger partial charge in [-0.2, -0.15) is 0 Å². The van der Waals surface area contributed by atoms with Gasteiger partial charge in [0.25, 0.3) is 0 Å². The third-order valence-electron chi connectivity index (χ3n) is 7.35. The third-order valence-corrected chi connectivity index (χ3v) is 7.35. The number of unbranched alkanes of at least 4 members (excludes halogenated alkanes) is 4. The second-order valence-electron chi connectivity index (χ2n) is 10.9. The van der Waals surface area contributed by atoms with E-state index in [0.29, 0.717) is 0 Å². The maximum atomic E-state index is 5.34. The van der Waals surface area contributed by atoms with Gasteiger partial charge >= 0.3 is 0 Å². The number of aliphatic imine (C=N–C) groups is 2. The molecule has 0 unspecified atom stereocenters. The summed E-state index contributed by atoms with van der Waals surface area (Å²) in [6.45, 7) is 13.7. The molecule has 0 heterocycles. The van der Waals surface area contributed by atoms with Crippen molar-refractivity contribution in [2.75, 3.05) is 0 Å². The van der Waals surface area contributed by atoms with Crippen LogP contribution in [0.5, 0.6) is 0 Å². The van der Waals surface area contributed by atoms with Crippen LogP contribution >= 0.6 is 0 Å². The van der Waals surface area contributed by atoms with Crippen LogP contribution < -0.4 is 0 Å². The first-order valence-electron chi connectivity index (χ1n) is 16.0. The van der Waals surface area contributed by atoms with Crippen molar-refractivity contribution in [2.45, 2.75) is 144 Å². The van der Waals surface area contributed by atoms with Crippen LogP contribution in [0.15, 0.2) is 46.4 Å². The molecule has 0 saturated carbocycles. The molecule has 0 spiro atoms. The van der Waals surface area contributed by atoms with Crippen LogP contribution in [-0.4, -0.2) is 11.4 Å². The molecule has 0 aliphatic carbocycles. The molecule has 3 heteroatoms. The van der Waals surface area contributed by atoms with E-state index in [2.05, 4.69) is 77.9 Å². The average molecular weight is 576 g/mol. The van der Waals surface area contributed by atoms with Gasteiger partial charge in [0.2, 0.25) is 0 Å². The van der Waals surface area contributed by atoms with E-state index in [-0.39, 0.29) is 16.5 Å². The molecular formula is C36H56N2Ni. The van der Waals surface area contributed by atoms with Gasteiger partial charge in [0.05, 0.1) is 22.8 Å². The minimum absolute atomic E-state index is 0. The molecule has 220 valence electrons. The normalized spacial score (nSPS) is 12.1. The molecule has 0 N–H and O–H groups in total. The van der Waals surface area contributed by atoms with Gasteiger partial charge in [0.15, 0.2) is 0 Å². The van der Waals surface area contributed by atoms with Crippen LogP contribution in [0.3, 0.4) is 0 Å². The molecule has 2 rings (SSSR count). The number of rotatable bonds is 19. The Kier molecular flexibility index (Phi) is 19.1. The van der Waals surface area contributed by atoms with Crippen molar-refractivity contribution in [2.24, 2.45) is 9.98 Å². The summed E-state index contributed by atoms with van der Waals surface area (Å²) in [5, 5.41) is 0. The topological polar surface area (TPSA) is 24.7 Å². The Hall–Kier alpha value is -1.73. The maximum Gasteiger partial charge on any atom is 0.0636 e. The summed E-state index contributed by atoms with van der Waals surface area (Å²) >= 11 is 0. The first kappa shape index (κ1) is 35.3. The van der Waals surface area contributed by atoms with Crippen molar-refractivity contribution in [3.05, 3.63) is 58.7 Å². The zero-order valence-corrected chi connectivity index (χ0v) is 27.0. The van der Waals surface area contributed by atoms with Crippen LogP contribution in [0.2, 0.25) is 0 Å². The fourth-order valence-corrected chi connectivity index (χ4v) is 5.32. The van der Waals surface area contributed by atoms with Crippen LogP contribution in [-0.2, 0) is 42.2 Å². The fourth-order valence-electron chi connectivity index (χ4n) is 5.32. The van der Waals surface area contributed by atoms with Gasteiger partial charge < -0.3 is 0 Å². The smallest absolute Gasteiger partial charge is 0.0636 e. The maximum absolute atomic E-state index is 5.34. The molecule has 39 heavy (non-hydrogen) atoms. The Morgan fingerprint density at radius 3 is 1.15 bits per heavy atom. The molecule has 2 aromatic rings. The predicted octanol–water partition coefficient (Wildman–Crippen LogP) is 11.5. The van der Waals surface area contributed by atoms with Crippen LogP contribution in [0.4, 0.5) is 11.4 Å². The molecule has 2 aromatic carbocycles. The van der Waals surface area contributed by atoms with Crippen LogP contribution in [0, 0.1) is 0 Å². The molecule has 2 nitrogen and oxygen atoms in total. The van der Waals surface area contributed by atoms with Gasteiger partial charge in [0, 0.05) is 16.5 Å². The number of aryl methyl sites for hydroxylation is 4. The van der Waals surface area contributed by atoms with Crippen molar-refractivity contribution in [3.63, 3.8) is 0 Å². The van der Waals surface area contributed by atoms with E-state index in [1.54, 1.807) is 0 Å². The monoisotopic (exact) mass is 574 g/mol. The van der Waals surface area contributed by atoms with Crippen LogP contribution in [0.25, 0.3) is 0 Å². The SMILES string of the molecule is CCCCCC(=Nc1ccc(CCC)c(CCC)c1)C(CCCCC)=Nc1ccc(CCC)c(CCC)c1.[Ni]. The summed E-state index contributed by atoms with van der Waals surface area (Å²) in [5.41, 5.74) is 10.6. The Balaban J connectivity index is 0.00000760. The van der Waals surface area contributed by atoms with Crippen molar-refractivity contribution in [1.29, 1.82) is 0 Å². The van der Waals surface area contributed by atoms with Crippen LogP contribution in [0.1, 0.15) is 141 Å². The van der Waals surface area contributed by atoms with E-state index >= 15 is 0 Å². The minimum Gasteiger partial charge on any atom is -0.252 e. The summed E-state index contributed by atoms with van der Waals surface area (Å²) < 4.78 is 0. The van der Waals surface area contributed by atoms with Gasteiger partial charge in [-0.05, 0) is 97.9 Å². The molecule has 0 amide bonds. The van der Waals surface area contributed by atoms with Gasteiger partial charge in [0.1, 0.15) is 0 Å². The molecule has 0 aliphatic heterocycles. The zero-order valence-electron chi connectivity index (χ0n) is 26.0. The summed E-state index contributed by atoms with van der Waals surface area (Å²) in [7, 11) is 0. The number of nitrogens with zero attached hydrogens (tertiary/aromatic N) is 2. The second-order valence-corrected chi connectivity index (χ2v) is 10.9. The molecular weight excluding hydrogens is 519 g/mol. The number of benzene rings is 2. The second kappa shape index (κ2) is 21.1. The average Bonchev–Trinajstić information content (AvgIpc) is 2.91. The standard InChI is InChI=1S/C36H56N2.Ni/c1-7-13-15-21-35(37-33-25-23-29(17-9-3)31(27-33)19-11-5)36(22-16-14-8-2)38-34-26-24-30(18-10-4)32(28-34)20-12-6;/h23-28H,7-22H2,1-6H3;. The first-order chi connectivity index (χ1) is 18.6. The summed E-state index contributed by atoms with van der Waals surface area (Å²) in [6, 6.07) is 13.9. The third kappa shape index (κ3) is 12.5. The van der Waals surface area contributed by atoms with Crippen molar-refractivity contribution >= 4 is 22.8 Å². The Morgan fingerprint density at radius 2 is 0.821 bits per heavy atom. The molecule has 0 fully saturated rings. The molecule has 0 saturated heterocycles. The minimum atomic E-state index is 0. The van der Waals surface area contributed by atoms with E-state index in [0.717, 1.165) is 49.9 Å². The van der Waals surface area contributed by atoms with E-state index in [4.69, 9.17) is 9.98 Å². The quantitative estimate of drug-likeness (QED) is 0.0904. The molecule has 0 radical (unpaired) electrons. The molecule has 0 atom stereocenters. The van der Waals surface area contributed by atoms with Gasteiger partial charge in [-0.15, -0.1) is 0 Å². The summed E-state index contributed by atoms with van der Waals surface area (Å²) in [5.74, 6) is 0. The summed E-state index contributed by atoms with van der Waals surface area (Å²) in [4.78, 5) is 10.7. The van der Waals surface area contributed by atoms with Gasteiger partial charge in [-0.3, -0.25) is 9.98 Å². The summed E-state index contributed by atoms with van der Waals surface area (Å²) in [6.07, 6.45) is 18.6. The van der Waals surface area contributed by atoms with E-state index in [1.165, 1.54) is 97.9 Å². The van der Waals surface area contributed by atoms with E-state index in [1.807, 2.05) is 0 Å². The molecule has 0 aliphatic rings. The molecule has 0 aromatic heterocycles. The Bertz CT molecular complexity index is 924. The number of hydrogen-bond acceptors (Lipinski definition) is 2. The predicted molar refractivity (Wildman–Crippen MR) is 171 cm³/mol. The van der Waals surface area contributed by atoms with Crippen molar-refractivity contribution < 1.29 is 16.5 Å². The molecule has 0 bridgehead atoms. The Morgan fingerprint density at radius 1 is 0.462 bits per heavy atom. The van der Waals surface area contributed by atoms with Gasteiger partial charge in [-0.25, -0.2) is 0 Å². The zero-order chi connectivity index (χ0) is 27.6.